The summed E-state index contributed by atoms with van der Waals surface area (Å²) in [5.41, 5.74) is 2.87. The highest BCUT2D eigenvalue weighted by Gasteiger charge is 2.30. The molecule has 1 aromatic rings. The number of alkyl carbamates (subject to hydrolysis) is 1. The van der Waals surface area contributed by atoms with Crippen LogP contribution in [0.1, 0.15) is 33.3 Å². The van der Waals surface area contributed by atoms with Crippen LogP contribution in [-0.2, 0) is 20.9 Å². The van der Waals surface area contributed by atoms with Crippen molar-refractivity contribution in [3.8, 4) is 0 Å². The largest absolute Gasteiger partial charge is 0.445 e. The van der Waals surface area contributed by atoms with E-state index in [4.69, 9.17) is 10.6 Å². The molecule has 144 valence electrons. The van der Waals surface area contributed by atoms with E-state index in [2.05, 4.69) is 10.6 Å². The molecule has 1 aromatic carbocycles. The first-order chi connectivity index (χ1) is 12.3. The Kier molecular flexibility index (Phi) is 8.57. The van der Waals surface area contributed by atoms with Gasteiger partial charge < -0.3 is 15.4 Å². The molecule has 0 saturated carbocycles. The summed E-state index contributed by atoms with van der Waals surface area (Å²) in [6.45, 7) is 7.24. The van der Waals surface area contributed by atoms with E-state index in [1.54, 1.807) is 27.7 Å². The molecule has 3 amide bonds. The summed E-state index contributed by atoms with van der Waals surface area (Å²) in [5.74, 6) is 3.82. The topological polar surface area (TPSA) is 123 Å². The molecule has 2 atom stereocenters. The van der Waals surface area contributed by atoms with Gasteiger partial charge in [0, 0.05) is 0 Å². The summed E-state index contributed by atoms with van der Waals surface area (Å²) in [6, 6.07) is 7.58. The summed E-state index contributed by atoms with van der Waals surface area (Å²) >= 11 is 0. The van der Waals surface area contributed by atoms with Gasteiger partial charge >= 0.3 is 6.09 Å². The molecule has 8 nitrogen and oxygen atoms in total. The van der Waals surface area contributed by atoms with Gasteiger partial charge in [-0.3, -0.25) is 15.0 Å². The van der Waals surface area contributed by atoms with Crippen LogP contribution in [0, 0.1) is 11.8 Å². The summed E-state index contributed by atoms with van der Waals surface area (Å²) in [6.07, 6.45) is -0.702. The molecule has 0 bridgehead atoms. The molecule has 2 unspecified atom stereocenters. The number of benzene rings is 1. The van der Waals surface area contributed by atoms with E-state index in [1.165, 1.54) is 0 Å². The first-order valence-electron chi connectivity index (χ1n) is 8.54. The fourth-order valence-electron chi connectivity index (χ4n) is 2.29. The zero-order valence-electron chi connectivity index (χ0n) is 15.6. The van der Waals surface area contributed by atoms with Gasteiger partial charge in [-0.25, -0.2) is 10.6 Å². The molecular weight excluding hydrogens is 336 g/mol. The SMILES string of the molecule is CC(C)C(NC(=O)OCc1ccccc1)C(=O)NC(C(=O)NN)C(C)C. The lowest BCUT2D eigenvalue weighted by Gasteiger charge is -2.26. The van der Waals surface area contributed by atoms with Gasteiger partial charge in [0.15, 0.2) is 0 Å². The molecule has 0 saturated heterocycles. The highest BCUT2D eigenvalue weighted by molar-refractivity contribution is 5.91. The van der Waals surface area contributed by atoms with E-state index >= 15 is 0 Å². The Labute approximate surface area is 153 Å². The highest BCUT2D eigenvalue weighted by Crippen LogP contribution is 2.07. The van der Waals surface area contributed by atoms with Crippen LogP contribution in [0.4, 0.5) is 4.79 Å². The third kappa shape index (κ3) is 6.72. The van der Waals surface area contributed by atoms with Gasteiger partial charge in [0.2, 0.25) is 5.91 Å². The van der Waals surface area contributed by atoms with Gasteiger partial charge in [-0.05, 0) is 17.4 Å². The smallest absolute Gasteiger partial charge is 0.408 e. The number of amides is 3. The molecule has 0 fully saturated rings. The number of hydrazine groups is 1. The van der Waals surface area contributed by atoms with E-state index in [1.807, 2.05) is 35.8 Å². The Morgan fingerprint density at radius 3 is 1.96 bits per heavy atom. The van der Waals surface area contributed by atoms with Crippen molar-refractivity contribution in [1.82, 2.24) is 16.1 Å². The Morgan fingerprint density at radius 2 is 1.46 bits per heavy atom. The third-order valence-electron chi connectivity index (χ3n) is 3.82. The Balaban J connectivity index is 2.67. The quantitative estimate of drug-likeness (QED) is 0.312. The standard InChI is InChI=1S/C18H28N4O4/c1-11(2)14(16(23)20-15(12(3)4)17(24)22-19)21-18(25)26-10-13-8-6-5-7-9-13/h5-9,11-12,14-15H,10,19H2,1-4H3,(H,20,23)(H,21,25)(H,22,24). The van der Waals surface area contributed by atoms with Gasteiger partial charge in [-0.1, -0.05) is 58.0 Å². The van der Waals surface area contributed by atoms with Crippen LogP contribution in [-0.4, -0.2) is 30.0 Å². The zero-order chi connectivity index (χ0) is 19.7. The monoisotopic (exact) mass is 364 g/mol. The van der Waals surface area contributed by atoms with Crippen molar-refractivity contribution in [3.05, 3.63) is 35.9 Å². The molecule has 5 N–H and O–H groups in total. The number of carbonyl (C=O) groups excluding carboxylic acids is 3. The molecule has 0 aliphatic rings. The second-order valence-electron chi connectivity index (χ2n) is 6.67. The normalized spacial score (nSPS) is 13.0. The minimum absolute atomic E-state index is 0.101. The van der Waals surface area contributed by atoms with E-state index in [9.17, 15) is 14.4 Å². The van der Waals surface area contributed by atoms with Crippen molar-refractivity contribution < 1.29 is 19.1 Å². The maximum atomic E-state index is 12.5. The molecule has 8 heteroatoms. The minimum Gasteiger partial charge on any atom is -0.445 e. The number of ether oxygens (including phenoxy) is 1. The van der Waals surface area contributed by atoms with E-state index in [0.717, 1.165) is 5.56 Å². The van der Waals surface area contributed by atoms with Gasteiger partial charge in [-0.15, -0.1) is 0 Å². The van der Waals surface area contributed by atoms with Crippen molar-refractivity contribution in [1.29, 1.82) is 0 Å². The molecule has 0 heterocycles. The Bertz CT molecular complexity index is 604. The lowest BCUT2D eigenvalue weighted by atomic mass is 10.00. The van der Waals surface area contributed by atoms with Crippen LogP contribution in [0.25, 0.3) is 0 Å². The molecule has 0 spiro atoms. The second kappa shape index (κ2) is 10.4. The maximum absolute atomic E-state index is 12.5. The van der Waals surface area contributed by atoms with Gasteiger partial charge in [0.25, 0.3) is 5.91 Å². The fraction of sp³-hybridized carbons (Fsp3) is 0.500. The number of hydrogen-bond acceptors (Lipinski definition) is 5. The maximum Gasteiger partial charge on any atom is 0.408 e. The molecular formula is C18H28N4O4. The first kappa shape index (κ1) is 21.4. The van der Waals surface area contributed by atoms with E-state index in [0.29, 0.717) is 0 Å². The first-order valence-corrected chi connectivity index (χ1v) is 8.54. The molecule has 0 aliphatic carbocycles. The van der Waals surface area contributed by atoms with Crippen molar-refractivity contribution in [2.24, 2.45) is 17.7 Å². The van der Waals surface area contributed by atoms with Gasteiger partial charge in [0.1, 0.15) is 18.7 Å². The molecule has 26 heavy (non-hydrogen) atoms. The van der Waals surface area contributed by atoms with Crippen LogP contribution >= 0.6 is 0 Å². The van der Waals surface area contributed by atoms with Crippen LogP contribution in [0.15, 0.2) is 30.3 Å². The van der Waals surface area contributed by atoms with Crippen LogP contribution < -0.4 is 21.9 Å². The predicted molar refractivity (Wildman–Crippen MR) is 97.5 cm³/mol. The number of hydrogen-bond donors (Lipinski definition) is 4. The molecule has 0 aromatic heterocycles. The Hall–Kier alpha value is -2.61. The van der Waals surface area contributed by atoms with Crippen molar-refractivity contribution in [3.63, 3.8) is 0 Å². The van der Waals surface area contributed by atoms with Crippen LogP contribution in [0.5, 0.6) is 0 Å². The van der Waals surface area contributed by atoms with Gasteiger partial charge in [-0.2, -0.15) is 0 Å². The fourth-order valence-corrected chi connectivity index (χ4v) is 2.29. The molecule has 0 radical (unpaired) electrons. The van der Waals surface area contributed by atoms with Gasteiger partial charge in [0.05, 0.1) is 0 Å². The molecule has 0 aliphatic heterocycles. The van der Waals surface area contributed by atoms with Crippen LogP contribution in [0.3, 0.4) is 0 Å². The summed E-state index contributed by atoms with van der Waals surface area (Å²) in [7, 11) is 0. The zero-order valence-corrected chi connectivity index (χ0v) is 15.6. The third-order valence-corrected chi connectivity index (χ3v) is 3.82. The summed E-state index contributed by atoms with van der Waals surface area (Å²) in [4.78, 5) is 36.4. The summed E-state index contributed by atoms with van der Waals surface area (Å²) < 4.78 is 5.15. The van der Waals surface area contributed by atoms with Crippen molar-refractivity contribution in [2.45, 2.75) is 46.4 Å². The average molecular weight is 364 g/mol. The van der Waals surface area contributed by atoms with Crippen LogP contribution in [0.2, 0.25) is 0 Å². The van der Waals surface area contributed by atoms with E-state index in [-0.39, 0.29) is 18.4 Å². The average Bonchev–Trinajstić information content (AvgIpc) is 2.61. The predicted octanol–water partition coefficient (Wildman–Crippen LogP) is 1.07. The summed E-state index contributed by atoms with van der Waals surface area (Å²) in [5, 5.41) is 5.18. The lowest BCUT2D eigenvalue weighted by Crippen LogP contribution is -2.57. The number of rotatable bonds is 8. The van der Waals surface area contributed by atoms with Crippen molar-refractivity contribution >= 4 is 17.9 Å². The van der Waals surface area contributed by atoms with Crippen molar-refractivity contribution in [2.75, 3.05) is 0 Å². The lowest BCUT2D eigenvalue weighted by molar-refractivity contribution is -0.131. The number of nitrogens with two attached hydrogens (primary N) is 1. The molecule has 1 rings (SSSR count). The highest BCUT2D eigenvalue weighted by atomic mass is 16.5. The minimum atomic E-state index is -0.843. The number of carbonyl (C=O) groups is 3. The Morgan fingerprint density at radius 1 is 0.923 bits per heavy atom. The van der Waals surface area contributed by atoms with E-state index < -0.39 is 30.0 Å². The number of nitrogens with one attached hydrogen (secondary N) is 3. The second-order valence-corrected chi connectivity index (χ2v) is 6.67.